The van der Waals surface area contributed by atoms with E-state index in [1.54, 1.807) is 0 Å². The maximum absolute atomic E-state index is 2.41. The lowest BCUT2D eigenvalue weighted by Crippen LogP contribution is -1.77. The lowest BCUT2D eigenvalue weighted by molar-refractivity contribution is 1.51. The van der Waals surface area contributed by atoms with Gasteiger partial charge >= 0.3 is 0 Å². The molecule has 0 spiro atoms. The SMILES string of the molecule is Cc1ccc2c(ccc3c4cc5cc6sc7c8ccc(C)cc8ccc7c6cc5cc4sc23)c1. The van der Waals surface area contributed by atoms with Crippen molar-refractivity contribution in [3.05, 3.63) is 96.1 Å². The van der Waals surface area contributed by atoms with Crippen LogP contribution in [0.25, 0.3) is 72.7 Å². The highest BCUT2D eigenvalue weighted by atomic mass is 32.1. The predicted octanol–water partition coefficient (Wildman–Crippen LogP) is 10.5. The highest BCUT2D eigenvalue weighted by molar-refractivity contribution is 7.27. The number of hydrogen-bond acceptors (Lipinski definition) is 2. The molecule has 0 aliphatic carbocycles. The van der Waals surface area contributed by atoms with E-state index in [0.717, 1.165) is 0 Å². The third kappa shape index (κ3) is 2.53. The summed E-state index contributed by atoms with van der Waals surface area (Å²) in [6, 6.07) is 32.4. The van der Waals surface area contributed by atoms with Crippen molar-refractivity contribution in [1.29, 1.82) is 0 Å². The Hall–Kier alpha value is -3.46. The smallest absolute Gasteiger partial charge is 0.0433 e. The first kappa shape index (κ1) is 18.9. The number of benzene rings is 6. The first-order chi connectivity index (χ1) is 16.6. The highest BCUT2D eigenvalue weighted by Gasteiger charge is 2.13. The number of thiophene rings is 2. The Balaban J connectivity index is 1.45. The van der Waals surface area contributed by atoms with E-state index in [1.165, 1.54) is 83.8 Å². The second-order valence-electron chi connectivity index (χ2n) is 9.58. The number of rotatable bonds is 0. The fourth-order valence-corrected chi connectivity index (χ4v) is 8.14. The third-order valence-corrected chi connectivity index (χ3v) is 9.70. The van der Waals surface area contributed by atoms with E-state index in [2.05, 4.69) is 98.8 Å². The average molecular weight is 469 g/mol. The summed E-state index contributed by atoms with van der Waals surface area (Å²) in [5.41, 5.74) is 2.63. The fourth-order valence-electron chi connectivity index (χ4n) is 5.60. The molecule has 0 fully saturated rings. The van der Waals surface area contributed by atoms with Gasteiger partial charge in [-0.05, 0) is 70.4 Å². The molecule has 0 bridgehead atoms. The van der Waals surface area contributed by atoms with Crippen LogP contribution in [0.3, 0.4) is 0 Å². The minimum Gasteiger partial charge on any atom is -0.135 e. The number of fused-ring (bicyclic) bond motifs is 11. The number of hydrogen-bond donors (Lipinski definition) is 0. The van der Waals surface area contributed by atoms with Crippen LogP contribution in [0.4, 0.5) is 0 Å². The summed E-state index contributed by atoms with van der Waals surface area (Å²) in [4.78, 5) is 0. The molecule has 6 aromatic carbocycles. The second kappa shape index (κ2) is 6.56. The van der Waals surface area contributed by atoms with Crippen molar-refractivity contribution in [3.8, 4) is 0 Å². The van der Waals surface area contributed by atoms with Gasteiger partial charge in [-0.2, -0.15) is 0 Å². The normalized spacial score (nSPS) is 12.4. The highest BCUT2D eigenvalue weighted by Crippen LogP contribution is 2.44. The molecular formula is C32H20S2. The second-order valence-corrected chi connectivity index (χ2v) is 11.7. The van der Waals surface area contributed by atoms with Crippen molar-refractivity contribution in [2.45, 2.75) is 13.8 Å². The quantitative estimate of drug-likeness (QED) is 0.208. The van der Waals surface area contributed by atoms with Crippen molar-refractivity contribution in [2.75, 3.05) is 0 Å². The Labute approximate surface area is 204 Å². The summed E-state index contributed by atoms with van der Waals surface area (Å²) in [6.45, 7) is 4.33. The standard InChI is InChI=1S/C32H20S2/c1-17-3-7-23-19(11-17)5-9-25-27-13-21-16-30-28(14-22(21)15-29(27)33-31(23)25)26-10-6-20-12-18(2)4-8-24(20)32(26)34-30/h3-16H,1-2H3. The van der Waals surface area contributed by atoms with Gasteiger partial charge in [-0.15, -0.1) is 22.7 Å². The van der Waals surface area contributed by atoms with Gasteiger partial charge in [0.05, 0.1) is 0 Å². The molecular weight excluding hydrogens is 448 g/mol. The van der Waals surface area contributed by atoms with Crippen LogP contribution in [0, 0.1) is 13.8 Å². The van der Waals surface area contributed by atoms with Crippen molar-refractivity contribution in [2.24, 2.45) is 0 Å². The molecule has 2 aromatic heterocycles. The first-order valence-corrected chi connectivity index (χ1v) is 13.3. The summed E-state index contributed by atoms with van der Waals surface area (Å²) >= 11 is 3.86. The molecule has 8 rings (SSSR count). The summed E-state index contributed by atoms with van der Waals surface area (Å²) in [7, 11) is 0. The van der Waals surface area contributed by atoms with Crippen LogP contribution in [0.5, 0.6) is 0 Å². The van der Waals surface area contributed by atoms with Crippen molar-refractivity contribution >= 4 is 95.3 Å². The van der Waals surface area contributed by atoms with Gasteiger partial charge in [-0.3, -0.25) is 0 Å². The third-order valence-electron chi connectivity index (χ3n) is 7.29. The zero-order valence-corrected chi connectivity index (χ0v) is 20.5. The number of aryl methyl sites for hydroxylation is 2. The van der Waals surface area contributed by atoms with Crippen molar-refractivity contribution in [1.82, 2.24) is 0 Å². The van der Waals surface area contributed by atoms with E-state index in [1.807, 2.05) is 22.7 Å². The van der Waals surface area contributed by atoms with Gasteiger partial charge in [0.25, 0.3) is 0 Å². The van der Waals surface area contributed by atoms with Gasteiger partial charge in [0, 0.05) is 40.3 Å². The fraction of sp³-hybridized carbons (Fsp3) is 0.0625. The molecule has 0 aliphatic rings. The van der Waals surface area contributed by atoms with E-state index in [4.69, 9.17) is 0 Å². The first-order valence-electron chi connectivity index (χ1n) is 11.7. The lowest BCUT2D eigenvalue weighted by Gasteiger charge is -2.02. The van der Waals surface area contributed by atoms with Crippen LogP contribution >= 0.6 is 22.7 Å². The maximum Gasteiger partial charge on any atom is 0.0433 e. The Morgan fingerprint density at radius 3 is 1.29 bits per heavy atom. The molecule has 2 heterocycles. The zero-order chi connectivity index (χ0) is 22.6. The van der Waals surface area contributed by atoms with Gasteiger partial charge in [-0.25, -0.2) is 0 Å². The molecule has 0 nitrogen and oxygen atoms in total. The van der Waals surface area contributed by atoms with Crippen molar-refractivity contribution in [3.63, 3.8) is 0 Å². The molecule has 8 aromatic rings. The Bertz CT molecular complexity index is 1980. The van der Waals surface area contributed by atoms with Crippen LogP contribution in [0.2, 0.25) is 0 Å². The van der Waals surface area contributed by atoms with Gasteiger partial charge in [0.2, 0.25) is 0 Å². The Kier molecular flexibility index (Phi) is 3.65. The minimum atomic E-state index is 1.31. The molecule has 34 heavy (non-hydrogen) atoms. The minimum absolute atomic E-state index is 1.31. The largest absolute Gasteiger partial charge is 0.135 e. The van der Waals surface area contributed by atoms with Crippen molar-refractivity contribution < 1.29 is 0 Å². The molecule has 0 N–H and O–H groups in total. The lowest BCUT2D eigenvalue weighted by atomic mass is 10.0. The molecule has 0 aliphatic heterocycles. The summed E-state index contributed by atoms with van der Waals surface area (Å²) in [6.07, 6.45) is 0. The van der Waals surface area contributed by atoms with E-state index < -0.39 is 0 Å². The van der Waals surface area contributed by atoms with Crippen LogP contribution < -0.4 is 0 Å². The maximum atomic E-state index is 2.41. The molecule has 160 valence electrons. The monoisotopic (exact) mass is 468 g/mol. The van der Waals surface area contributed by atoms with Gasteiger partial charge in [0.15, 0.2) is 0 Å². The van der Waals surface area contributed by atoms with E-state index in [-0.39, 0.29) is 0 Å². The topological polar surface area (TPSA) is 0 Å². The van der Waals surface area contributed by atoms with Crippen LogP contribution in [-0.2, 0) is 0 Å². The molecule has 0 saturated carbocycles. The van der Waals surface area contributed by atoms with Gasteiger partial charge in [-0.1, -0.05) is 71.8 Å². The molecule has 0 radical (unpaired) electrons. The van der Waals surface area contributed by atoms with Gasteiger partial charge < -0.3 is 0 Å². The molecule has 0 atom stereocenters. The van der Waals surface area contributed by atoms with E-state index >= 15 is 0 Å². The molecule has 2 heteroatoms. The Morgan fingerprint density at radius 1 is 0.382 bits per heavy atom. The molecule has 0 unspecified atom stereocenters. The van der Waals surface area contributed by atoms with E-state index in [0.29, 0.717) is 0 Å². The van der Waals surface area contributed by atoms with Crippen LogP contribution in [0.1, 0.15) is 11.1 Å². The summed E-state index contributed by atoms with van der Waals surface area (Å²) in [5.74, 6) is 0. The average Bonchev–Trinajstić information content (AvgIpc) is 3.38. The van der Waals surface area contributed by atoms with Crippen LogP contribution in [-0.4, -0.2) is 0 Å². The zero-order valence-electron chi connectivity index (χ0n) is 18.9. The van der Waals surface area contributed by atoms with Gasteiger partial charge in [0.1, 0.15) is 0 Å². The summed E-state index contributed by atoms with van der Waals surface area (Å²) < 4.78 is 5.54. The molecule has 0 amide bonds. The summed E-state index contributed by atoms with van der Waals surface area (Å²) in [5, 5.41) is 13.5. The Morgan fingerprint density at radius 2 is 0.824 bits per heavy atom. The molecule has 0 saturated heterocycles. The van der Waals surface area contributed by atoms with E-state index in [9.17, 15) is 0 Å². The van der Waals surface area contributed by atoms with Crippen LogP contribution in [0.15, 0.2) is 84.9 Å². The predicted molar refractivity (Wildman–Crippen MR) is 154 cm³/mol.